The molecule has 0 aliphatic rings. The van der Waals surface area contributed by atoms with Crippen LogP contribution in [0.4, 0.5) is 5.69 Å². The van der Waals surface area contributed by atoms with Gasteiger partial charge in [-0.05, 0) is 42.0 Å². The largest absolute Gasteiger partial charge is 0.489 e. The summed E-state index contributed by atoms with van der Waals surface area (Å²) in [5.74, 6) is 7.25. The van der Waals surface area contributed by atoms with E-state index in [0.29, 0.717) is 28.3 Å². The molecule has 0 fully saturated rings. The second kappa shape index (κ2) is 10.2. The van der Waals surface area contributed by atoms with E-state index in [2.05, 4.69) is 15.5 Å². The Hall–Kier alpha value is -3.49. The fourth-order valence-corrected chi connectivity index (χ4v) is 3.75. The summed E-state index contributed by atoms with van der Waals surface area (Å²) in [6, 6.07) is 24.3. The third-order valence-corrected chi connectivity index (χ3v) is 5.64. The van der Waals surface area contributed by atoms with Gasteiger partial charge in [0.15, 0.2) is 5.82 Å². The van der Waals surface area contributed by atoms with Crippen LogP contribution in [0.1, 0.15) is 5.56 Å². The van der Waals surface area contributed by atoms with Gasteiger partial charge in [0.1, 0.15) is 12.4 Å². The number of carbonyl (C=O) groups excluding carboxylic acids is 1. The first-order valence-corrected chi connectivity index (χ1v) is 11.1. The minimum absolute atomic E-state index is 0.136. The van der Waals surface area contributed by atoms with E-state index in [1.165, 1.54) is 16.4 Å². The van der Waals surface area contributed by atoms with Gasteiger partial charge in [0.2, 0.25) is 11.1 Å². The van der Waals surface area contributed by atoms with E-state index in [1.54, 1.807) is 24.3 Å². The first-order chi connectivity index (χ1) is 15.6. The Labute approximate surface area is 194 Å². The maximum Gasteiger partial charge on any atom is 0.234 e. The predicted octanol–water partition coefficient (Wildman–Crippen LogP) is 4.62. The number of hydrogen-bond acceptors (Lipinski definition) is 6. The van der Waals surface area contributed by atoms with Crippen LogP contribution in [0.25, 0.3) is 11.4 Å². The molecule has 1 amide bonds. The summed E-state index contributed by atoms with van der Waals surface area (Å²) < 4.78 is 7.11. The number of carbonyl (C=O) groups is 1. The average Bonchev–Trinajstić information content (AvgIpc) is 3.18. The molecule has 0 radical (unpaired) electrons. The van der Waals surface area contributed by atoms with Gasteiger partial charge >= 0.3 is 0 Å². The van der Waals surface area contributed by atoms with Crippen molar-refractivity contribution < 1.29 is 9.53 Å². The van der Waals surface area contributed by atoms with Gasteiger partial charge in [-0.1, -0.05) is 65.8 Å². The van der Waals surface area contributed by atoms with Gasteiger partial charge in [-0.25, -0.2) is 4.68 Å². The summed E-state index contributed by atoms with van der Waals surface area (Å²) >= 11 is 7.22. The zero-order valence-corrected chi connectivity index (χ0v) is 18.5. The quantitative estimate of drug-likeness (QED) is 0.291. The molecule has 0 unspecified atom stereocenters. The van der Waals surface area contributed by atoms with Gasteiger partial charge in [0.05, 0.1) is 5.75 Å². The minimum atomic E-state index is -0.180. The molecule has 0 bridgehead atoms. The summed E-state index contributed by atoms with van der Waals surface area (Å²) in [6.45, 7) is 0.486. The molecule has 32 heavy (non-hydrogen) atoms. The number of hydrogen-bond donors (Lipinski definition) is 2. The first-order valence-electron chi connectivity index (χ1n) is 9.74. The number of amides is 1. The summed E-state index contributed by atoms with van der Waals surface area (Å²) in [5, 5.41) is 12.0. The van der Waals surface area contributed by atoms with Crippen LogP contribution >= 0.6 is 23.4 Å². The lowest BCUT2D eigenvalue weighted by atomic mass is 10.2. The van der Waals surface area contributed by atoms with Crippen LogP contribution in [0, 0.1) is 0 Å². The number of rotatable bonds is 8. The van der Waals surface area contributed by atoms with Crippen molar-refractivity contribution in [3.05, 3.63) is 89.4 Å². The Morgan fingerprint density at radius 2 is 1.81 bits per heavy atom. The highest BCUT2D eigenvalue weighted by Crippen LogP contribution is 2.24. The highest BCUT2D eigenvalue weighted by atomic mass is 35.5. The second-order valence-corrected chi connectivity index (χ2v) is 8.20. The van der Waals surface area contributed by atoms with E-state index in [0.717, 1.165) is 16.9 Å². The van der Waals surface area contributed by atoms with Crippen LogP contribution in [-0.2, 0) is 11.4 Å². The van der Waals surface area contributed by atoms with Crippen LogP contribution in [0.5, 0.6) is 5.75 Å². The smallest absolute Gasteiger partial charge is 0.234 e. The lowest BCUT2D eigenvalue weighted by Gasteiger charge is -2.08. The molecule has 0 saturated carbocycles. The van der Waals surface area contributed by atoms with Crippen molar-refractivity contribution in [3.63, 3.8) is 0 Å². The van der Waals surface area contributed by atoms with Crippen LogP contribution in [0.3, 0.4) is 0 Å². The molecule has 0 spiro atoms. The highest BCUT2D eigenvalue weighted by molar-refractivity contribution is 7.99. The zero-order valence-electron chi connectivity index (χ0n) is 16.9. The summed E-state index contributed by atoms with van der Waals surface area (Å²) in [7, 11) is 0. The fourth-order valence-electron chi connectivity index (χ4n) is 2.90. The number of benzene rings is 3. The molecule has 1 heterocycles. The maximum absolute atomic E-state index is 12.3. The van der Waals surface area contributed by atoms with Crippen molar-refractivity contribution in [2.45, 2.75) is 11.8 Å². The number of aromatic nitrogens is 3. The SMILES string of the molecule is Nn1c(SCC(=O)Nc2ccc(OCc3ccccc3)cc2)nnc1-c1cccc(Cl)c1. The first kappa shape index (κ1) is 21.7. The fraction of sp³-hybridized carbons (Fsp3) is 0.0870. The van der Waals surface area contributed by atoms with E-state index in [9.17, 15) is 4.79 Å². The third kappa shape index (κ3) is 5.60. The summed E-state index contributed by atoms with van der Waals surface area (Å²) in [5.41, 5.74) is 2.52. The van der Waals surface area contributed by atoms with Crippen LogP contribution in [-0.4, -0.2) is 26.5 Å². The number of nitrogen functional groups attached to an aromatic ring is 1. The molecular formula is C23H20ClN5O2S. The Bertz CT molecular complexity index is 1200. The topological polar surface area (TPSA) is 95.1 Å². The zero-order chi connectivity index (χ0) is 22.3. The standard InChI is InChI=1S/C23H20ClN5O2S/c24-18-8-4-7-17(13-18)22-27-28-23(29(22)25)32-15-21(30)26-19-9-11-20(12-10-19)31-14-16-5-2-1-3-6-16/h1-13H,14-15,25H2,(H,26,30). The Balaban J connectivity index is 1.29. The summed E-state index contributed by atoms with van der Waals surface area (Å²) in [6.07, 6.45) is 0. The predicted molar refractivity (Wildman–Crippen MR) is 127 cm³/mol. The Morgan fingerprint density at radius 3 is 2.56 bits per heavy atom. The second-order valence-electron chi connectivity index (χ2n) is 6.82. The number of ether oxygens (including phenoxy) is 1. The maximum atomic E-state index is 12.3. The van der Waals surface area contributed by atoms with Crippen molar-refractivity contribution in [2.24, 2.45) is 0 Å². The molecule has 9 heteroatoms. The van der Waals surface area contributed by atoms with Gasteiger partial charge in [-0.2, -0.15) is 0 Å². The normalized spacial score (nSPS) is 10.7. The molecule has 3 N–H and O–H groups in total. The molecule has 4 aromatic rings. The van der Waals surface area contributed by atoms with Gasteiger partial charge < -0.3 is 15.9 Å². The van der Waals surface area contributed by atoms with Crippen LogP contribution < -0.4 is 15.9 Å². The van der Waals surface area contributed by atoms with E-state index >= 15 is 0 Å². The summed E-state index contributed by atoms with van der Waals surface area (Å²) in [4.78, 5) is 12.3. The van der Waals surface area contributed by atoms with Crippen LogP contribution in [0.2, 0.25) is 5.02 Å². The molecule has 0 atom stereocenters. The van der Waals surface area contributed by atoms with Gasteiger partial charge in [0.25, 0.3) is 0 Å². The molecular weight excluding hydrogens is 446 g/mol. The molecule has 0 aliphatic carbocycles. The molecule has 0 saturated heterocycles. The van der Waals surface area contributed by atoms with E-state index < -0.39 is 0 Å². The average molecular weight is 466 g/mol. The van der Waals surface area contributed by atoms with Gasteiger partial charge in [-0.3, -0.25) is 4.79 Å². The van der Waals surface area contributed by atoms with Crippen molar-refractivity contribution in [1.29, 1.82) is 0 Å². The Morgan fingerprint density at radius 1 is 1.03 bits per heavy atom. The van der Waals surface area contributed by atoms with E-state index in [4.69, 9.17) is 22.2 Å². The number of thioether (sulfide) groups is 1. The number of nitrogens with two attached hydrogens (primary N) is 1. The van der Waals surface area contributed by atoms with Gasteiger partial charge in [0, 0.05) is 16.3 Å². The van der Waals surface area contributed by atoms with Crippen molar-refractivity contribution in [1.82, 2.24) is 14.9 Å². The molecule has 7 nitrogen and oxygen atoms in total. The molecule has 1 aromatic heterocycles. The van der Waals surface area contributed by atoms with Crippen molar-refractivity contribution in [3.8, 4) is 17.1 Å². The molecule has 0 aliphatic heterocycles. The number of halogens is 1. The third-order valence-electron chi connectivity index (χ3n) is 4.47. The highest BCUT2D eigenvalue weighted by Gasteiger charge is 2.14. The van der Waals surface area contributed by atoms with Crippen molar-refractivity contribution in [2.75, 3.05) is 16.9 Å². The Kier molecular flexibility index (Phi) is 6.94. The molecule has 162 valence electrons. The van der Waals surface area contributed by atoms with Crippen molar-refractivity contribution >= 4 is 35.0 Å². The lowest BCUT2D eigenvalue weighted by Crippen LogP contribution is -2.16. The van der Waals surface area contributed by atoms with Crippen LogP contribution in [0.15, 0.2) is 84.0 Å². The monoisotopic (exact) mass is 465 g/mol. The van der Waals surface area contributed by atoms with Gasteiger partial charge in [-0.15, -0.1) is 10.2 Å². The van der Waals surface area contributed by atoms with E-state index in [1.807, 2.05) is 54.6 Å². The number of anilines is 1. The lowest BCUT2D eigenvalue weighted by molar-refractivity contribution is -0.113. The molecule has 3 aromatic carbocycles. The number of nitrogens with zero attached hydrogens (tertiary/aromatic N) is 3. The molecule has 4 rings (SSSR count). The number of nitrogens with one attached hydrogen (secondary N) is 1. The van der Waals surface area contributed by atoms with E-state index in [-0.39, 0.29) is 11.7 Å². The minimum Gasteiger partial charge on any atom is -0.489 e.